The number of hydrogen-bond donors (Lipinski definition) is 1. The van der Waals surface area contributed by atoms with E-state index in [1.54, 1.807) is 0 Å². The fourth-order valence-electron chi connectivity index (χ4n) is 1.44. The molecule has 1 aliphatic heterocycles. The number of ether oxygens (including phenoxy) is 3. The van der Waals surface area contributed by atoms with E-state index in [0.29, 0.717) is 19.0 Å². The third-order valence-electron chi connectivity index (χ3n) is 2.15. The number of nitrogen functional groups attached to an aromatic ring is 1. The van der Waals surface area contributed by atoms with E-state index in [9.17, 15) is 0 Å². The van der Waals surface area contributed by atoms with Crippen LogP contribution in [0.25, 0.3) is 0 Å². The second kappa shape index (κ2) is 4.23. The van der Waals surface area contributed by atoms with Gasteiger partial charge in [0.25, 0.3) is 0 Å². The highest BCUT2D eigenvalue weighted by Crippen LogP contribution is 2.22. The predicted molar refractivity (Wildman–Crippen MR) is 56.8 cm³/mol. The Hall–Kier alpha value is -1.40. The first-order valence-electron chi connectivity index (χ1n) is 5.07. The molecule has 0 aliphatic carbocycles. The van der Waals surface area contributed by atoms with Crippen LogP contribution in [0.1, 0.15) is 13.8 Å². The van der Waals surface area contributed by atoms with Crippen molar-refractivity contribution in [3.8, 4) is 5.75 Å². The molecule has 0 aromatic carbocycles. The van der Waals surface area contributed by atoms with Crippen molar-refractivity contribution in [3.63, 3.8) is 0 Å². The van der Waals surface area contributed by atoms with Crippen LogP contribution in [0.4, 0.5) is 5.95 Å². The number of hydrogen-bond acceptors (Lipinski definition) is 6. The summed E-state index contributed by atoms with van der Waals surface area (Å²) in [6, 6.07) is 0. The minimum absolute atomic E-state index is 0.0625. The Morgan fingerprint density at radius 2 is 2.19 bits per heavy atom. The van der Waals surface area contributed by atoms with Crippen LogP contribution in [0.5, 0.6) is 5.75 Å². The molecule has 1 saturated heterocycles. The summed E-state index contributed by atoms with van der Waals surface area (Å²) in [5.74, 6) is 0.280. The van der Waals surface area contributed by atoms with E-state index in [1.165, 1.54) is 12.4 Å². The monoisotopic (exact) mass is 225 g/mol. The summed E-state index contributed by atoms with van der Waals surface area (Å²) < 4.78 is 16.4. The number of rotatable bonds is 3. The van der Waals surface area contributed by atoms with Gasteiger partial charge in [0.05, 0.1) is 19.0 Å². The summed E-state index contributed by atoms with van der Waals surface area (Å²) in [5, 5.41) is 0. The van der Waals surface area contributed by atoms with Gasteiger partial charge in [-0.05, 0) is 13.8 Å². The highest BCUT2D eigenvalue weighted by molar-refractivity contribution is 5.21. The molecule has 0 bridgehead atoms. The van der Waals surface area contributed by atoms with Crippen LogP contribution in [0, 0.1) is 0 Å². The minimum atomic E-state index is -0.522. The van der Waals surface area contributed by atoms with Crippen molar-refractivity contribution >= 4 is 5.95 Å². The third kappa shape index (κ3) is 2.80. The van der Waals surface area contributed by atoms with E-state index in [1.807, 2.05) is 13.8 Å². The lowest BCUT2D eigenvalue weighted by Crippen LogP contribution is -2.25. The number of anilines is 1. The lowest BCUT2D eigenvalue weighted by molar-refractivity contribution is -0.141. The van der Waals surface area contributed by atoms with Gasteiger partial charge in [-0.25, -0.2) is 9.97 Å². The molecule has 6 nitrogen and oxygen atoms in total. The van der Waals surface area contributed by atoms with Gasteiger partial charge in [-0.2, -0.15) is 0 Å². The van der Waals surface area contributed by atoms with Gasteiger partial charge in [0.1, 0.15) is 12.7 Å². The van der Waals surface area contributed by atoms with Crippen LogP contribution >= 0.6 is 0 Å². The fourth-order valence-corrected chi connectivity index (χ4v) is 1.44. The molecule has 2 heterocycles. The van der Waals surface area contributed by atoms with Gasteiger partial charge in [-0.3, -0.25) is 0 Å². The molecule has 2 N–H and O–H groups in total. The van der Waals surface area contributed by atoms with Gasteiger partial charge >= 0.3 is 0 Å². The molecular formula is C10H15N3O3. The van der Waals surface area contributed by atoms with Crippen molar-refractivity contribution in [1.29, 1.82) is 0 Å². The molecule has 1 aliphatic rings. The Morgan fingerprint density at radius 3 is 2.75 bits per heavy atom. The van der Waals surface area contributed by atoms with Crippen LogP contribution in [0.2, 0.25) is 0 Å². The van der Waals surface area contributed by atoms with E-state index in [-0.39, 0.29) is 12.1 Å². The SMILES string of the molecule is CC1(C)OC[C@@H](COc2cnc(N)nc2)O1. The van der Waals surface area contributed by atoms with Crippen LogP contribution < -0.4 is 10.5 Å². The Bertz CT molecular complexity index is 353. The second-order valence-electron chi connectivity index (χ2n) is 4.04. The normalized spacial score (nSPS) is 23.2. The molecule has 0 radical (unpaired) electrons. The summed E-state index contributed by atoms with van der Waals surface area (Å²) in [6.45, 7) is 4.69. The third-order valence-corrected chi connectivity index (χ3v) is 2.15. The summed E-state index contributed by atoms with van der Waals surface area (Å²) in [7, 11) is 0. The van der Waals surface area contributed by atoms with Crippen molar-refractivity contribution in [3.05, 3.63) is 12.4 Å². The molecule has 0 saturated carbocycles. The lowest BCUT2D eigenvalue weighted by Gasteiger charge is -2.17. The average molecular weight is 225 g/mol. The van der Waals surface area contributed by atoms with Crippen LogP contribution in [-0.4, -0.2) is 35.1 Å². The van der Waals surface area contributed by atoms with Crippen molar-refractivity contribution < 1.29 is 14.2 Å². The zero-order chi connectivity index (χ0) is 11.6. The van der Waals surface area contributed by atoms with Gasteiger partial charge in [0.2, 0.25) is 5.95 Å². The summed E-state index contributed by atoms with van der Waals surface area (Å²) in [4.78, 5) is 7.65. The molecule has 0 amide bonds. The van der Waals surface area contributed by atoms with Crippen LogP contribution in [0.15, 0.2) is 12.4 Å². The van der Waals surface area contributed by atoms with Crippen molar-refractivity contribution in [1.82, 2.24) is 9.97 Å². The first-order valence-corrected chi connectivity index (χ1v) is 5.07. The van der Waals surface area contributed by atoms with Gasteiger partial charge in [-0.1, -0.05) is 0 Å². The summed E-state index contributed by atoms with van der Waals surface area (Å²) in [5.41, 5.74) is 5.36. The van der Waals surface area contributed by atoms with Crippen LogP contribution in [0.3, 0.4) is 0 Å². The Labute approximate surface area is 93.7 Å². The first-order chi connectivity index (χ1) is 7.55. The average Bonchev–Trinajstić information content (AvgIpc) is 2.58. The van der Waals surface area contributed by atoms with Gasteiger partial charge in [0.15, 0.2) is 11.5 Å². The molecule has 16 heavy (non-hydrogen) atoms. The van der Waals surface area contributed by atoms with E-state index >= 15 is 0 Å². The molecule has 1 aromatic heterocycles. The zero-order valence-electron chi connectivity index (χ0n) is 9.34. The maximum absolute atomic E-state index is 5.58. The number of aromatic nitrogens is 2. The van der Waals surface area contributed by atoms with Crippen molar-refractivity contribution in [2.24, 2.45) is 0 Å². The standard InChI is InChI=1S/C10H15N3O3/c1-10(2)15-6-8(16-10)5-14-7-3-12-9(11)13-4-7/h3-4,8H,5-6H2,1-2H3,(H2,11,12,13)/t8-/m1/s1. The van der Waals surface area contributed by atoms with Crippen molar-refractivity contribution in [2.45, 2.75) is 25.7 Å². The van der Waals surface area contributed by atoms with E-state index in [0.717, 1.165) is 0 Å². The highest BCUT2D eigenvalue weighted by Gasteiger charge is 2.32. The van der Waals surface area contributed by atoms with Crippen molar-refractivity contribution in [2.75, 3.05) is 18.9 Å². The lowest BCUT2D eigenvalue weighted by atomic mass is 10.4. The topological polar surface area (TPSA) is 79.5 Å². The first kappa shape index (κ1) is 11.1. The maximum Gasteiger partial charge on any atom is 0.220 e. The molecular weight excluding hydrogens is 210 g/mol. The van der Waals surface area contributed by atoms with Gasteiger partial charge in [0, 0.05) is 0 Å². The predicted octanol–water partition coefficient (Wildman–Crippen LogP) is 0.589. The fraction of sp³-hybridized carbons (Fsp3) is 0.600. The Kier molecular flexibility index (Phi) is 2.93. The van der Waals surface area contributed by atoms with E-state index in [2.05, 4.69) is 9.97 Å². The molecule has 6 heteroatoms. The van der Waals surface area contributed by atoms with Gasteiger partial charge < -0.3 is 19.9 Å². The molecule has 0 spiro atoms. The minimum Gasteiger partial charge on any atom is -0.488 e. The van der Waals surface area contributed by atoms with E-state index < -0.39 is 5.79 Å². The van der Waals surface area contributed by atoms with Crippen LogP contribution in [-0.2, 0) is 9.47 Å². The molecule has 88 valence electrons. The maximum atomic E-state index is 5.58. The van der Waals surface area contributed by atoms with E-state index in [4.69, 9.17) is 19.9 Å². The zero-order valence-corrected chi connectivity index (χ0v) is 9.34. The number of nitrogens with two attached hydrogens (primary N) is 1. The number of nitrogens with zero attached hydrogens (tertiary/aromatic N) is 2. The summed E-state index contributed by atoms with van der Waals surface area (Å²) in [6.07, 6.45) is 3.00. The Morgan fingerprint density at radius 1 is 1.50 bits per heavy atom. The van der Waals surface area contributed by atoms with Gasteiger partial charge in [-0.15, -0.1) is 0 Å². The second-order valence-corrected chi connectivity index (χ2v) is 4.04. The molecule has 0 unspecified atom stereocenters. The Balaban J connectivity index is 1.82. The smallest absolute Gasteiger partial charge is 0.220 e. The molecule has 1 aromatic rings. The summed E-state index contributed by atoms with van der Waals surface area (Å²) >= 11 is 0. The molecule has 1 atom stereocenters. The molecule has 2 rings (SSSR count). The quantitative estimate of drug-likeness (QED) is 0.811. The molecule has 1 fully saturated rings. The highest BCUT2D eigenvalue weighted by atomic mass is 16.7. The largest absolute Gasteiger partial charge is 0.488 e.